The van der Waals surface area contributed by atoms with Crippen molar-refractivity contribution in [3.05, 3.63) is 83.6 Å². The molecule has 0 saturated heterocycles. The summed E-state index contributed by atoms with van der Waals surface area (Å²) < 4.78 is 134. The number of carboxylic acid groups (broad SMARTS) is 1. The molecule has 24 heteroatoms. The zero-order valence-electron chi connectivity index (χ0n) is 40.3. The molecule has 3 N–H and O–H groups in total. The summed E-state index contributed by atoms with van der Waals surface area (Å²) in [6.45, 7) is 7.36. The molecule has 2 atom stereocenters. The first kappa shape index (κ1) is 65.1. The Kier molecular flexibility index (Phi) is 29.1. The second-order valence-electron chi connectivity index (χ2n) is 16.1. The number of carbonyl (C=O) groups is 1. The molecule has 4 rings (SSSR count). The van der Waals surface area contributed by atoms with Crippen molar-refractivity contribution in [2.45, 2.75) is 79.4 Å². The summed E-state index contributed by atoms with van der Waals surface area (Å²) in [6.07, 6.45) is 11.4. The van der Waals surface area contributed by atoms with Crippen molar-refractivity contribution in [2.75, 3.05) is 90.8 Å². The molecule has 0 radical (unpaired) electrons. The predicted octanol–water partition coefficient (Wildman–Crippen LogP) is -3.97. The van der Waals surface area contributed by atoms with Crippen LogP contribution in [0.15, 0.2) is 82.3 Å². The van der Waals surface area contributed by atoms with E-state index in [-0.39, 0.29) is 137 Å². The second-order valence-corrected chi connectivity index (χ2v) is 20.5. The number of hydrogen-bond donors (Lipinski definition) is 3. The smallest absolute Gasteiger partial charge is 0.744 e. The van der Waals surface area contributed by atoms with Crippen LogP contribution in [-0.4, -0.2) is 146 Å². The third-order valence-corrected chi connectivity index (χ3v) is 14.0. The summed E-state index contributed by atoms with van der Waals surface area (Å²) in [6, 6.07) is 8.54. The van der Waals surface area contributed by atoms with E-state index in [1.54, 1.807) is 44.6 Å². The van der Waals surface area contributed by atoms with E-state index in [4.69, 9.17) is 28.8 Å². The fourth-order valence-electron chi connectivity index (χ4n) is 8.22. The van der Waals surface area contributed by atoms with E-state index in [9.17, 15) is 43.7 Å². The molecule has 18 nitrogen and oxygen atoms in total. The van der Waals surface area contributed by atoms with Crippen molar-refractivity contribution >= 4 is 53.4 Å². The maximum Gasteiger partial charge on any atom is 1.00 e. The number of methoxy groups -OCH3 is 2. The molecule has 0 saturated carbocycles. The van der Waals surface area contributed by atoms with Crippen molar-refractivity contribution in [2.24, 2.45) is 0 Å². The van der Waals surface area contributed by atoms with Gasteiger partial charge >= 0.3 is 94.6 Å². The number of hydrogen-bond acceptors (Lipinski definition) is 14. The average molecular weight is 1040 g/mol. The minimum absolute atomic E-state index is 0. The summed E-state index contributed by atoms with van der Waals surface area (Å²) in [5.41, 5.74) is 2.11. The van der Waals surface area contributed by atoms with E-state index in [0.29, 0.717) is 100 Å². The van der Waals surface area contributed by atoms with E-state index < -0.39 is 52.9 Å². The van der Waals surface area contributed by atoms with E-state index in [0.717, 1.165) is 5.70 Å². The van der Waals surface area contributed by atoms with E-state index in [1.807, 2.05) is 35.5 Å². The summed E-state index contributed by atoms with van der Waals surface area (Å²) in [7, 11) is -10.6. The number of benzene rings is 2. The van der Waals surface area contributed by atoms with Crippen LogP contribution in [0.2, 0.25) is 0 Å². The van der Waals surface area contributed by atoms with Crippen molar-refractivity contribution in [1.29, 1.82) is 0 Å². The molecular formula is C44H62N2Na3O16S3+3. The Labute approximate surface area is 468 Å². The first-order valence-electron chi connectivity index (χ1n) is 21.3. The molecule has 0 amide bonds. The van der Waals surface area contributed by atoms with E-state index in [2.05, 4.69) is 0 Å². The summed E-state index contributed by atoms with van der Waals surface area (Å²) >= 11 is 0. The second kappa shape index (κ2) is 30.4. The third kappa shape index (κ3) is 18.9. The fraction of sp³-hybridized carbons (Fsp3) is 0.545. The number of fused-ring (bicyclic) bond motifs is 2. The number of carboxylic acids is 1. The van der Waals surface area contributed by atoms with Gasteiger partial charge in [0.15, 0.2) is 12.3 Å². The van der Waals surface area contributed by atoms with Crippen LogP contribution in [0.5, 0.6) is 0 Å². The largest absolute Gasteiger partial charge is 1.00 e. The van der Waals surface area contributed by atoms with Crippen LogP contribution in [0.25, 0.3) is 0 Å². The van der Waals surface area contributed by atoms with E-state index >= 15 is 0 Å². The monoisotopic (exact) mass is 1040 g/mol. The number of anilines is 1. The fourth-order valence-corrected chi connectivity index (χ4v) is 9.73. The molecule has 0 aromatic heterocycles. The van der Waals surface area contributed by atoms with Gasteiger partial charge in [0.1, 0.15) is 16.7 Å². The van der Waals surface area contributed by atoms with Gasteiger partial charge in [0, 0.05) is 68.3 Å². The van der Waals surface area contributed by atoms with Gasteiger partial charge in [-0.2, -0.15) is 21.4 Å². The van der Waals surface area contributed by atoms with Crippen molar-refractivity contribution < 1.29 is 166 Å². The molecule has 362 valence electrons. The number of aliphatic carboxylic acids is 1. The van der Waals surface area contributed by atoms with Gasteiger partial charge in [-0.1, -0.05) is 24.6 Å². The standard InChI is InChI=1S/C44H62N2O16S3.3Na/c1-43(19-11-31-63(49,50)51)36-32-34(64(52,53)54)16-18-39(36)46(22-24-60-27-28-62-30-29-61-26-25-59-4)40(43)12-7-5-8-13-41-44(2,20-23-58-3)37-33-35(65(55,56)57)15-17-38(37)45(41)21-10-6-9-14-42(47)48;;;/h5,7-8,12-13,15-18,32-33H,6,9-11,14,19-31H2,1-4H3,(H3-,47,48,49,50,51,52,53,54,55,56,57);;;/q;3*+1. The first-order valence-corrected chi connectivity index (χ1v) is 25.7. The quantitative estimate of drug-likeness (QED) is 0.0222. The van der Waals surface area contributed by atoms with Crippen LogP contribution in [0.1, 0.15) is 69.9 Å². The summed E-state index contributed by atoms with van der Waals surface area (Å²) in [5.74, 6) is -1.42. The van der Waals surface area contributed by atoms with Crippen LogP contribution >= 0.6 is 0 Å². The average Bonchev–Trinajstić information content (AvgIpc) is 3.60. The minimum Gasteiger partial charge on any atom is -0.744 e. The number of nitrogens with zero attached hydrogens (tertiary/aromatic N) is 2. The van der Waals surface area contributed by atoms with Crippen LogP contribution in [0.3, 0.4) is 0 Å². The molecule has 68 heavy (non-hydrogen) atoms. The van der Waals surface area contributed by atoms with Crippen molar-refractivity contribution in [1.82, 2.24) is 0 Å². The van der Waals surface area contributed by atoms with Gasteiger partial charge in [-0.05, 0) is 87.9 Å². The van der Waals surface area contributed by atoms with Crippen LogP contribution in [0, 0.1) is 0 Å². The Morgan fingerprint density at radius 1 is 0.721 bits per heavy atom. The molecule has 2 aromatic rings. The first-order chi connectivity index (χ1) is 30.7. The van der Waals surface area contributed by atoms with Gasteiger partial charge in [0.05, 0.1) is 60.6 Å². The Balaban J connectivity index is 0.00000771. The summed E-state index contributed by atoms with van der Waals surface area (Å²) in [4.78, 5) is 12.5. The van der Waals surface area contributed by atoms with Gasteiger partial charge in [-0.15, -0.1) is 0 Å². The molecular weight excluding hydrogens is 978 g/mol. The number of allylic oxidation sites excluding steroid dienone is 6. The molecule has 0 aliphatic carbocycles. The Morgan fingerprint density at radius 2 is 1.32 bits per heavy atom. The Morgan fingerprint density at radius 3 is 1.91 bits per heavy atom. The number of rotatable bonds is 30. The molecule has 0 bridgehead atoms. The Bertz CT molecular complexity index is 2430. The minimum atomic E-state index is -4.78. The molecule has 0 spiro atoms. The number of unbranched alkanes of at least 4 members (excludes halogenated alkanes) is 2. The van der Waals surface area contributed by atoms with Crippen molar-refractivity contribution in [3.63, 3.8) is 0 Å². The topological polar surface area (TPSA) is 256 Å². The summed E-state index contributed by atoms with van der Waals surface area (Å²) in [5, 5.41) is 9.15. The third-order valence-electron chi connectivity index (χ3n) is 11.5. The molecule has 2 heterocycles. The zero-order chi connectivity index (χ0) is 47.9. The van der Waals surface area contributed by atoms with Crippen LogP contribution in [0.4, 0.5) is 11.4 Å². The van der Waals surface area contributed by atoms with E-state index in [1.165, 1.54) is 24.3 Å². The van der Waals surface area contributed by atoms with Crippen molar-refractivity contribution in [3.8, 4) is 0 Å². The molecule has 2 aliphatic heterocycles. The number of ether oxygens (including phenoxy) is 5. The van der Waals surface area contributed by atoms with Gasteiger partial charge < -0.3 is 38.2 Å². The molecule has 2 aromatic carbocycles. The Hall–Kier alpha value is -0.870. The normalized spacial score (nSPS) is 18.8. The zero-order valence-corrected chi connectivity index (χ0v) is 48.8. The molecule has 0 fully saturated rings. The van der Waals surface area contributed by atoms with Gasteiger partial charge in [0.25, 0.3) is 20.2 Å². The molecule has 2 unspecified atom stereocenters. The molecule has 2 aliphatic rings. The predicted molar refractivity (Wildman–Crippen MR) is 241 cm³/mol. The van der Waals surface area contributed by atoms with Gasteiger partial charge in [-0.25, -0.2) is 8.42 Å². The maximum absolute atomic E-state index is 12.3. The van der Waals surface area contributed by atoms with Gasteiger partial charge in [0.2, 0.25) is 5.69 Å². The van der Waals surface area contributed by atoms with Crippen LogP contribution < -0.4 is 93.6 Å². The maximum atomic E-state index is 12.3. The SMILES string of the molecule is COCCOCCOCCOCC[N+]1=C(/C=C/C=C/C=C2/N(CCCCCC(=O)O)c3ccc(S(=O)(=O)[O-])cc3C2(C)CCOC)C(C)(CCCS(=O)(=O)O)c2cc(S(=O)(=O)O)ccc21.[Na+].[Na+].[Na+]. The van der Waals surface area contributed by atoms with Gasteiger partial charge in [-0.3, -0.25) is 13.9 Å². The van der Waals surface area contributed by atoms with Crippen LogP contribution in [-0.2, 0) is 69.7 Å².